The number of sulfonamides is 1. The minimum absolute atomic E-state index is 0.158. The number of piperidine rings is 1. The van der Waals surface area contributed by atoms with Gasteiger partial charge in [-0.1, -0.05) is 11.6 Å². The molecule has 1 saturated heterocycles. The molecule has 0 atom stereocenters. The van der Waals surface area contributed by atoms with E-state index in [1.54, 1.807) is 25.4 Å². The summed E-state index contributed by atoms with van der Waals surface area (Å²) in [6.07, 6.45) is 8.43. The molecule has 0 bridgehead atoms. The third-order valence-corrected chi connectivity index (χ3v) is 8.80. The Morgan fingerprint density at radius 1 is 1.02 bits per heavy atom. The van der Waals surface area contributed by atoms with Gasteiger partial charge < -0.3 is 25.4 Å². The van der Waals surface area contributed by atoms with E-state index in [0.717, 1.165) is 31.6 Å². The van der Waals surface area contributed by atoms with Gasteiger partial charge in [-0.15, -0.1) is 0 Å². The normalized spacial score (nSPS) is 16.0. The molecule has 14 heteroatoms. The van der Waals surface area contributed by atoms with Crippen LogP contribution in [0.4, 0.5) is 34.5 Å². The lowest BCUT2D eigenvalue weighted by Crippen LogP contribution is -2.35. The summed E-state index contributed by atoms with van der Waals surface area (Å²) >= 11 is 6.53. The molecule has 2 aromatic heterocycles. The van der Waals surface area contributed by atoms with Crippen LogP contribution in [-0.4, -0.2) is 72.1 Å². The molecule has 2 aliphatic rings. The second kappa shape index (κ2) is 11.4. The average Bonchev–Trinajstić information content (AvgIpc) is 3.80. The zero-order valence-corrected chi connectivity index (χ0v) is 24.7. The summed E-state index contributed by atoms with van der Waals surface area (Å²) in [4.78, 5) is 20.0. The maximum Gasteiger partial charge on any atom is 0.232 e. The molecule has 0 spiro atoms. The molecule has 6 rings (SSSR count). The molecule has 2 fully saturated rings. The molecule has 3 heterocycles. The quantitative estimate of drug-likeness (QED) is 0.247. The van der Waals surface area contributed by atoms with E-state index >= 15 is 0 Å². The Balaban J connectivity index is 1.34. The molecule has 4 aromatic rings. The molecule has 220 valence electrons. The highest BCUT2D eigenvalue weighted by atomic mass is 35.5. The van der Waals surface area contributed by atoms with Gasteiger partial charge >= 0.3 is 0 Å². The number of benzene rings is 2. The number of halogens is 1. The first-order valence-electron chi connectivity index (χ1n) is 13.6. The second-order valence-electron chi connectivity index (χ2n) is 10.4. The Labute approximate surface area is 248 Å². The Morgan fingerprint density at radius 2 is 1.79 bits per heavy atom. The number of methoxy groups -OCH3 is 1. The van der Waals surface area contributed by atoms with Crippen molar-refractivity contribution in [1.82, 2.24) is 19.9 Å². The van der Waals surface area contributed by atoms with Gasteiger partial charge in [0, 0.05) is 37.2 Å². The summed E-state index contributed by atoms with van der Waals surface area (Å²) in [5.74, 6) is 1.14. The zero-order chi connectivity index (χ0) is 29.4. The topological polar surface area (TPSA) is 146 Å². The number of ether oxygens (including phenoxy) is 1. The highest BCUT2D eigenvalue weighted by molar-refractivity contribution is 7.92. The Morgan fingerprint density at radius 3 is 2.50 bits per heavy atom. The van der Waals surface area contributed by atoms with Crippen molar-refractivity contribution < 1.29 is 18.3 Å². The minimum Gasteiger partial charge on any atom is -0.495 e. The number of aliphatic hydroxyl groups is 1. The standard InChI is InChI=1S/C28H31ClN8O4S/c1-41-24-8-5-18(36-13-9-19(38)10-14-36)15-23(24)34-28-32-16-20(29)27(35-28)33-22-7-6-21-25(31-12-11-30-21)26(22)37(17-3-4-17)42(2,39)40/h5-8,11-12,15-17,19,38H,3-4,9-10,13-14H2,1-2H3,(H2,32,33,34,35). The van der Waals surface area contributed by atoms with E-state index in [-0.39, 0.29) is 28.9 Å². The second-order valence-corrected chi connectivity index (χ2v) is 12.7. The molecule has 0 radical (unpaired) electrons. The van der Waals surface area contributed by atoms with Crippen molar-refractivity contribution in [2.45, 2.75) is 37.8 Å². The van der Waals surface area contributed by atoms with Gasteiger partial charge in [-0.05, 0) is 56.0 Å². The molecule has 12 nitrogen and oxygen atoms in total. The largest absolute Gasteiger partial charge is 0.495 e. The lowest BCUT2D eigenvalue weighted by molar-refractivity contribution is 0.145. The molecule has 1 aliphatic carbocycles. The van der Waals surface area contributed by atoms with E-state index in [9.17, 15) is 13.5 Å². The molecule has 42 heavy (non-hydrogen) atoms. The first-order chi connectivity index (χ1) is 20.2. The Hall–Kier alpha value is -3.94. The first kappa shape index (κ1) is 28.2. The molecule has 3 N–H and O–H groups in total. The zero-order valence-electron chi connectivity index (χ0n) is 23.2. The van der Waals surface area contributed by atoms with Crippen LogP contribution in [0.5, 0.6) is 5.75 Å². The van der Waals surface area contributed by atoms with E-state index in [2.05, 4.69) is 35.5 Å². The van der Waals surface area contributed by atoms with E-state index in [1.165, 1.54) is 23.0 Å². The van der Waals surface area contributed by atoms with Crippen molar-refractivity contribution in [3.05, 3.63) is 53.9 Å². The Kier molecular flexibility index (Phi) is 7.64. The summed E-state index contributed by atoms with van der Waals surface area (Å²) in [6.45, 7) is 1.50. The van der Waals surface area contributed by atoms with Crippen molar-refractivity contribution in [1.29, 1.82) is 0 Å². The van der Waals surface area contributed by atoms with E-state index in [0.29, 0.717) is 46.7 Å². The number of fused-ring (bicyclic) bond motifs is 1. The van der Waals surface area contributed by atoms with Crippen LogP contribution in [0.25, 0.3) is 11.0 Å². The molecule has 2 aromatic carbocycles. The summed E-state index contributed by atoms with van der Waals surface area (Å²) in [5, 5.41) is 16.6. The van der Waals surface area contributed by atoms with Crippen LogP contribution in [-0.2, 0) is 10.0 Å². The number of anilines is 6. The third kappa shape index (κ3) is 5.85. The van der Waals surface area contributed by atoms with Crippen LogP contribution < -0.4 is 24.6 Å². The maximum absolute atomic E-state index is 13.0. The minimum atomic E-state index is -3.63. The monoisotopic (exact) mass is 610 g/mol. The van der Waals surface area contributed by atoms with Crippen LogP contribution in [0, 0.1) is 0 Å². The van der Waals surface area contributed by atoms with Gasteiger partial charge in [0.25, 0.3) is 0 Å². The van der Waals surface area contributed by atoms with Gasteiger partial charge in [-0.2, -0.15) is 4.98 Å². The smallest absolute Gasteiger partial charge is 0.232 e. The molecular weight excluding hydrogens is 580 g/mol. The highest BCUT2D eigenvalue weighted by Crippen LogP contribution is 2.43. The van der Waals surface area contributed by atoms with Gasteiger partial charge in [-0.3, -0.25) is 14.3 Å². The van der Waals surface area contributed by atoms with Crippen molar-refractivity contribution in [3.63, 3.8) is 0 Å². The van der Waals surface area contributed by atoms with E-state index in [4.69, 9.17) is 16.3 Å². The lowest BCUT2D eigenvalue weighted by atomic mass is 10.1. The maximum atomic E-state index is 13.0. The fourth-order valence-electron chi connectivity index (χ4n) is 5.15. The van der Waals surface area contributed by atoms with Gasteiger partial charge in [0.05, 0.1) is 42.6 Å². The van der Waals surface area contributed by atoms with Crippen molar-refractivity contribution in [3.8, 4) is 5.75 Å². The van der Waals surface area contributed by atoms with Gasteiger partial charge in [0.2, 0.25) is 16.0 Å². The summed E-state index contributed by atoms with van der Waals surface area (Å²) in [7, 11) is -2.04. The van der Waals surface area contributed by atoms with E-state index < -0.39 is 10.0 Å². The fourth-order valence-corrected chi connectivity index (χ4v) is 6.56. The number of hydrogen-bond donors (Lipinski definition) is 3. The predicted molar refractivity (Wildman–Crippen MR) is 164 cm³/mol. The van der Waals surface area contributed by atoms with Crippen LogP contribution >= 0.6 is 11.6 Å². The molecule has 1 aliphatic heterocycles. The van der Waals surface area contributed by atoms with Gasteiger partial charge in [0.15, 0.2) is 5.82 Å². The summed E-state index contributed by atoms with van der Waals surface area (Å²) < 4.78 is 32.9. The van der Waals surface area contributed by atoms with Crippen LogP contribution in [0.15, 0.2) is 48.9 Å². The van der Waals surface area contributed by atoms with Crippen molar-refractivity contribution in [2.75, 3.05) is 46.3 Å². The highest BCUT2D eigenvalue weighted by Gasteiger charge is 2.38. The van der Waals surface area contributed by atoms with Gasteiger partial charge in [0.1, 0.15) is 22.0 Å². The molecule has 0 amide bonds. The fraction of sp³-hybridized carbons (Fsp3) is 0.357. The van der Waals surface area contributed by atoms with Crippen LogP contribution in [0.3, 0.4) is 0 Å². The number of aromatic nitrogens is 4. The number of hydrogen-bond acceptors (Lipinski definition) is 11. The summed E-state index contributed by atoms with van der Waals surface area (Å²) in [5.41, 5.74) is 3.54. The number of aliphatic hydroxyl groups excluding tert-OH is 1. The molecular formula is C28H31ClN8O4S. The first-order valence-corrected chi connectivity index (χ1v) is 15.8. The summed E-state index contributed by atoms with van der Waals surface area (Å²) in [6, 6.07) is 9.18. The number of nitrogens with one attached hydrogen (secondary N) is 2. The molecule has 1 saturated carbocycles. The van der Waals surface area contributed by atoms with Crippen LogP contribution in [0.2, 0.25) is 5.02 Å². The van der Waals surface area contributed by atoms with Gasteiger partial charge in [-0.25, -0.2) is 13.4 Å². The molecule has 0 unspecified atom stereocenters. The number of nitrogens with zero attached hydrogens (tertiary/aromatic N) is 6. The average molecular weight is 611 g/mol. The van der Waals surface area contributed by atoms with Crippen LogP contribution in [0.1, 0.15) is 25.7 Å². The Bertz CT molecular complexity index is 1730. The predicted octanol–water partition coefficient (Wildman–Crippen LogP) is 4.46. The lowest BCUT2D eigenvalue weighted by Gasteiger charge is -2.32. The van der Waals surface area contributed by atoms with E-state index in [1.807, 2.05) is 18.2 Å². The number of rotatable bonds is 9. The SMILES string of the molecule is COc1ccc(N2CCC(O)CC2)cc1Nc1ncc(Cl)c(Nc2ccc3nccnc3c2N(C2CC2)S(C)(=O)=O)n1. The van der Waals surface area contributed by atoms with Crippen molar-refractivity contribution >= 4 is 67.2 Å². The van der Waals surface area contributed by atoms with Crippen molar-refractivity contribution in [2.24, 2.45) is 0 Å². The third-order valence-electron chi connectivity index (χ3n) is 7.33.